The highest BCUT2D eigenvalue weighted by Crippen LogP contribution is 2.22. The van der Waals surface area contributed by atoms with Gasteiger partial charge in [0.1, 0.15) is 11.5 Å². The van der Waals surface area contributed by atoms with Crippen LogP contribution in [-0.2, 0) is 0 Å². The van der Waals surface area contributed by atoms with E-state index in [1.54, 1.807) is 32.4 Å². The summed E-state index contributed by atoms with van der Waals surface area (Å²) in [5.41, 5.74) is 11.0. The Morgan fingerprint density at radius 2 is 2.00 bits per heavy atom. The van der Waals surface area contributed by atoms with Gasteiger partial charge in [0.2, 0.25) is 5.96 Å². The molecule has 0 aliphatic heterocycles. The minimum absolute atomic E-state index is 0.0938. The van der Waals surface area contributed by atoms with E-state index in [1.165, 1.54) is 6.21 Å². The SMILES string of the molecule is COc1ccc(/C=N/N=C(N)N)c(OC)c1. The number of nitrogens with two attached hydrogens (primary N) is 2. The maximum absolute atomic E-state index is 5.16. The average molecular weight is 222 g/mol. The zero-order valence-corrected chi connectivity index (χ0v) is 9.18. The second kappa shape index (κ2) is 5.59. The summed E-state index contributed by atoms with van der Waals surface area (Å²) in [4.78, 5) is 0. The van der Waals surface area contributed by atoms with Crippen LogP contribution >= 0.6 is 0 Å². The van der Waals surface area contributed by atoms with Gasteiger partial charge < -0.3 is 20.9 Å². The van der Waals surface area contributed by atoms with Crippen LogP contribution in [0.3, 0.4) is 0 Å². The summed E-state index contributed by atoms with van der Waals surface area (Å²) in [5, 5.41) is 7.19. The molecule has 0 radical (unpaired) electrons. The summed E-state index contributed by atoms with van der Waals surface area (Å²) >= 11 is 0. The topological polar surface area (TPSA) is 95.2 Å². The highest BCUT2D eigenvalue weighted by Gasteiger charge is 2.02. The largest absolute Gasteiger partial charge is 0.497 e. The Bertz CT molecular complexity index is 411. The Labute approximate surface area is 93.6 Å². The molecule has 0 aliphatic rings. The van der Waals surface area contributed by atoms with Crippen molar-refractivity contribution in [3.8, 4) is 11.5 Å². The summed E-state index contributed by atoms with van der Waals surface area (Å²) < 4.78 is 10.2. The van der Waals surface area contributed by atoms with Gasteiger partial charge in [-0.15, -0.1) is 5.10 Å². The average Bonchev–Trinajstić information content (AvgIpc) is 2.29. The maximum Gasteiger partial charge on any atom is 0.211 e. The first-order valence-corrected chi connectivity index (χ1v) is 4.51. The lowest BCUT2D eigenvalue weighted by Gasteiger charge is -2.06. The van der Waals surface area contributed by atoms with E-state index in [-0.39, 0.29) is 5.96 Å². The molecule has 0 fully saturated rings. The van der Waals surface area contributed by atoms with Gasteiger partial charge in [-0.2, -0.15) is 5.10 Å². The van der Waals surface area contributed by atoms with Crippen LogP contribution in [-0.4, -0.2) is 26.4 Å². The smallest absolute Gasteiger partial charge is 0.211 e. The summed E-state index contributed by atoms with van der Waals surface area (Å²) in [5.74, 6) is 1.24. The van der Waals surface area contributed by atoms with Gasteiger partial charge in [0.05, 0.1) is 20.4 Å². The van der Waals surface area contributed by atoms with Gasteiger partial charge in [0, 0.05) is 11.6 Å². The van der Waals surface area contributed by atoms with Crippen LogP contribution in [0.2, 0.25) is 0 Å². The van der Waals surface area contributed by atoms with Crippen molar-refractivity contribution in [2.75, 3.05) is 14.2 Å². The maximum atomic E-state index is 5.16. The van der Waals surface area contributed by atoms with Crippen LogP contribution in [0, 0.1) is 0 Å². The number of nitrogens with zero attached hydrogens (tertiary/aromatic N) is 2. The minimum atomic E-state index is -0.0938. The van der Waals surface area contributed by atoms with E-state index >= 15 is 0 Å². The molecule has 1 aromatic carbocycles. The molecular formula is C10H14N4O2. The first kappa shape index (κ1) is 11.8. The fourth-order valence-corrected chi connectivity index (χ4v) is 1.08. The highest BCUT2D eigenvalue weighted by molar-refractivity contribution is 5.85. The Morgan fingerprint density at radius 1 is 1.25 bits per heavy atom. The molecule has 0 bridgehead atoms. The molecule has 0 saturated heterocycles. The lowest BCUT2D eigenvalue weighted by molar-refractivity contribution is 0.394. The van der Waals surface area contributed by atoms with Gasteiger partial charge in [0.25, 0.3) is 0 Å². The van der Waals surface area contributed by atoms with Crippen LogP contribution in [0.1, 0.15) is 5.56 Å². The first-order chi connectivity index (χ1) is 7.67. The third-order valence-corrected chi connectivity index (χ3v) is 1.81. The molecule has 0 heterocycles. The number of rotatable bonds is 4. The molecule has 0 atom stereocenters. The van der Waals surface area contributed by atoms with Crippen molar-refractivity contribution < 1.29 is 9.47 Å². The molecule has 0 aliphatic carbocycles. The predicted molar refractivity (Wildman–Crippen MR) is 62.9 cm³/mol. The molecule has 0 spiro atoms. The van der Waals surface area contributed by atoms with Crippen molar-refractivity contribution in [2.45, 2.75) is 0 Å². The molecular weight excluding hydrogens is 208 g/mol. The van der Waals surface area contributed by atoms with Crippen molar-refractivity contribution >= 4 is 12.2 Å². The van der Waals surface area contributed by atoms with Crippen molar-refractivity contribution in [1.29, 1.82) is 0 Å². The Hall–Kier alpha value is -2.24. The Balaban J connectivity index is 2.96. The van der Waals surface area contributed by atoms with Crippen molar-refractivity contribution in [1.82, 2.24) is 0 Å². The van der Waals surface area contributed by atoms with E-state index in [1.807, 2.05) is 0 Å². The van der Waals surface area contributed by atoms with E-state index in [2.05, 4.69) is 10.2 Å². The van der Waals surface area contributed by atoms with Crippen molar-refractivity contribution in [3.63, 3.8) is 0 Å². The Kier molecular flexibility index (Phi) is 4.14. The molecule has 6 heteroatoms. The van der Waals surface area contributed by atoms with E-state index < -0.39 is 0 Å². The van der Waals surface area contributed by atoms with E-state index in [9.17, 15) is 0 Å². The van der Waals surface area contributed by atoms with Gasteiger partial charge in [-0.05, 0) is 12.1 Å². The third kappa shape index (κ3) is 3.16. The van der Waals surface area contributed by atoms with Crippen LogP contribution in [0.25, 0.3) is 0 Å². The zero-order chi connectivity index (χ0) is 12.0. The summed E-state index contributed by atoms with van der Waals surface area (Å²) in [6.07, 6.45) is 1.50. The molecule has 6 nitrogen and oxygen atoms in total. The van der Waals surface area contributed by atoms with E-state index in [0.717, 1.165) is 5.56 Å². The van der Waals surface area contributed by atoms with Crippen molar-refractivity contribution in [3.05, 3.63) is 23.8 Å². The molecule has 0 unspecified atom stereocenters. The summed E-state index contributed by atoms with van der Waals surface area (Å²) in [6, 6.07) is 5.33. The van der Waals surface area contributed by atoms with Gasteiger partial charge in [0.15, 0.2) is 0 Å². The second-order valence-electron chi connectivity index (χ2n) is 2.88. The van der Waals surface area contributed by atoms with Crippen LogP contribution in [0.5, 0.6) is 11.5 Å². The van der Waals surface area contributed by atoms with Crippen LogP contribution < -0.4 is 20.9 Å². The fraction of sp³-hybridized carbons (Fsp3) is 0.200. The summed E-state index contributed by atoms with van der Waals surface area (Å²) in [7, 11) is 3.15. The molecule has 0 amide bonds. The number of methoxy groups -OCH3 is 2. The van der Waals surface area contributed by atoms with Gasteiger partial charge >= 0.3 is 0 Å². The number of benzene rings is 1. The standard InChI is InChI=1S/C10H14N4O2/c1-15-8-4-3-7(9(5-8)16-2)6-13-14-10(11)12/h3-6H,1-2H3,(H4,11,12,14)/b13-6+. The number of ether oxygens (including phenoxy) is 2. The normalized spacial score (nSPS) is 10.1. The quantitative estimate of drug-likeness (QED) is 0.435. The molecule has 4 N–H and O–H groups in total. The lowest BCUT2D eigenvalue weighted by atomic mass is 10.2. The molecule has 1 rings (SSSR count). The zero-order valence-electron chi connectivity index (χ0n) is 9.18. The van der Waals surface area contributed by atoms with E-state index in [4.69, 9.17) is 20.9 Å². The second-order valence-corrected chi connectivity index (χ2v) is 2.88. The van der Waals surface area contributed by atoms with E-state index in [0.29, 0.717) is 11.5 Å². The Morgan fingerprint density at radius 3 is 2.56 bits per heavy atom. The monoisotopic (exact) mass is 222 g/mol. The summed E-state index contributed by atoms with van der Waals surface area (Å²) in [6.45, 7) is 0. The molecule has 0 saturated carbocycles. The fourth-order valence-electron chi connectivity index (χ4n) is 1.08. The van der Waals surface area contributed by atoms with Gasteiger partial charge in [-0.25, -0.2) is 0 Å². The van der Waals surface area contributed by atoms with Gasteiger partial charge in [-0.1, -0.05) is 0 Å². The molecule has 0 aromatic heterocycles. The number of guanidine groups is 1. The first-order valence-electron chi connectivity index (χ1n) is 4.51. The van der Waals surface area contributed by atoms with Gasteiger partial charge in [-0.3, -0.25) is 0 Å². The lowest BCUT2D eigenvalue weighted by Crippen LogP contribution is -2.21. The number of hydrogen-bond acceptors (Lipinski definition) is 4. The highest BCUT2D eigenvalue weighted by atomic mass is 16.5. The van der Waals surface area contributed by atoms with Crippen LogP contribution in [0.15, 0.2) is 28.4 Å². The minimum Gasteiger partial charge on any atom is -0.497 e. The van der Waals surface area contributed by atoms with Crippen LogP contribution in [0.4, 0.5) is 0 Å². The third-order valence-electron chi connectivity index (χ3n) is 1.81. The molecule has 16 heavy (non-hydrogen) atoms. The number of hydrogen-bond donors (Lipinski definition) is 2. The predicted octanol–water partition coefficient (Wildman–Crippen LogP) is 0.311. The molecule has 1 aromatic rings. The molecule has 86 valence electrons. The van der Waals surface area contributed by atoms with Crippen molar-refractivity contribution in [2.24, 2.45) is 21.7 Å².